The molecule has 1 spiro atoms. The van der Waals surface area contributed by atoms with Crippen LogP contribution in [-0.4, -0.2) is 57.3 Å². The molecule has 1 atom stereocenters. The highest BCUT2D eigenvalue weighted by Crippen LogP contribution is 2.41. The van der Waals surface area contributed by atoms with Crippen LogP contribution in [-0.2, 0) is 16.0 Å². The highest BCUT2D eigenvalue weighted by molar-refractivity contribution is 5.79. The van der Waals surface area contributed by atoms with Gasteiger partial charge in [-0.25, -0.2) is 4.98 Å². The molecule has 1 saturated carbocycles. The number of aryl methyl sites for hydroxylation is 1. The first-order chi connectivity index (χ1) is 13.5. The summed E-state index contributed by atoms with van der Waals surface area (Å²) in [4.78, 5) is 48.3. The van der Waals surface area contributed by atoms with Gasteiger partial charge in [0.25, 0.3) is 5.56 Å². The third-order valence-corrected chi connectivity index (χ3v) is 6.82. The van der Waals surface area contributed by atoms with E-state index in [4.69, 9.17) is 0 Å². The van der Waals surface area contributed by atoms with Crippen molar-refractivity contribution in [3.05, 3.63) is 27.9 Å². The average molecular weight is 386 g/mol. The predicted molar refractivity (Wildman–Crippen MR) is 105 cm³/mol. The molecule has 2 saturated heterocycles. The zero-order chi connectivity index (χ0) is 19.7. The Bertz CT molecular complexity index is 814. The highest BCUT2D eigenvalue weighted by atomic mass is 16.2. The number of carbonyl (C=O) groups is 2. The van der Waals surface area contributed by atoms with Crippen molar-refractivity contribution >= 4 is 11.8 Å². The molecule has 4 rings (SSSR count). The van der Waals surface area contributed by atoms with Gasteiger partial charge in [-0.2, -0.15) is 0 Å². The van der Waals surface area contributed by atoms with Crippen molar-refractivity contribution in [3.8, 4) is 0 Å². The Balaban J connectivity index is 1.45. The number of carbonyl (C=O) groups excluding carboxylic acids is 2. The van der Waals surface area contributed by atoms with Crippen LogP contribution in [0.25, 0.3) is 0 Å². The zero-order valence-corrected chi connectivity index (χ0v) is 16.7. The molecule has 7 heteroatoms. The number of amides is 2. The molecule has 3 heterocycles. The van der Waals surface area contributed by atoms with E-state index in [1.807, 2.05) is 4.90 Å². The smallest absolute Gasteiger partial charge is 0.254 e. The summed E-state index contributed by atoms with van der Waals surface area (Å²) in [6.07, 6.45) is 9.75. The molecular formula is C21H30N4O3. The van der Waals surface area contributed by atoms with Crippen LogP contribution < -0.4 is 5.56 Å². The second-order valence-corrected chi connectivity index (χ2v) is 8.88. The topological polar surface area (TPSA) is 86.4 Å². The van der Waals surface area contributed by atoms with Crippen molar-refractivity contribution in [2.45, 2.75) is 70.8 Å². The van der Waals surface area contributed by atoms with Gasteiger partial charge in [0.15, 0.2) is 0 Å². The van der Waals surface area contributed by atoms with Gasteiger partial charge in [0.05, 0.1) is 6.42 Å². The Morgan fingerprint density at radius 3 is 2.75 bits per heavy atom. The first-order valence-electron chi connectivity index (χ1n) is 10.6. The zero-order valence-electron chi connectivity index (χ0n) is 16.7. The molecule has 3 fully saturated rings. The number of aromatic amines is 1. The molecule has 1 N–H and O–H groups in total. The van der Waals surface area contributed by atoms with E-state index in [0.717, 1.165) is 45.2 Å². The monoisotopic (exact) mass is 386 g/mol. The largest absolute Gasteiger partial charge is 0.342 e. The minimum atomic E-state index is -0.233. The van der Waals surface area contributed by atoms with Gasteiger partial charge < -0.3 is 14.8 Å². The number of hydrogen-bond acceptors (Lipinski definition) is 4. The first-order valence-corrected chi connectivity index (χ1v) is 10.6. The molecule has 7 nitrogen and oxygen atoms in total. The molecule has 2 amide bonds. The van der Waals surface area contributed by atoms with E-state index in [0.29, 0.717) is 36.3 Å². The fourth-order valence-corrected chi connectivity index (χ4v) is 5.26. The van der Waals surface area contributed by atoms with Crippen LogP contribution in [0.15, 0.2) is 11.0 Å². The molecule has 0 aromatic carbocycles. The minimum Gasteiger partial charge on any atom is -0.342 e. The van der Waals surface area contributed by atoms with Crippen molar-refractivity contribution in [2.24, 2.45) is 5.41 Å². The van der Waals surface area contributed by atoms with E-state index in [1.165, 1.54) is 19.0 Å². The molecule has 28 heavy (non-hydrogen) atoms. The van der Waals surface area contributed by atoms with Crippen molar-refractivity contribution in [3.63, 3.8) is 0 Å². The second-order valence-electron chi connectivity index (χ2n) is 8.88. The average Bonchev–Trinajstić information content (AvgIpc) is 3.21. The normalized spacial score (nSPS) is 26.2. The lowest BCUT2D eigenvalue weighted by molar-refractivity contribution is -0.145. The molecule has 0 bridgehead atoms. The quantitative estimate of drug-likeness (QED) is 0.858. The molecule has 1 aliphatic carbocycles. The Morgan fingerprint density at radius 2 is 2.00 bits per heavy atom. The molecule has 0 unspecified atom stereocenters. The SMILES string of the molecule is Cc1ncc(CC(=O)N2CCC[C@]3(CCC(=O)N(C4CCCC4)C3)C2)c(=O)[nH]1. The number of piperidine rings is 2. The standard InChI is InChI=1S/C21H30N4O3/c1-15-22-12-16(20(28)23-15)11-19(27)24-10-4-8-21(13-24)9-7-18(26)25(14-21)17-5-2-3-6-17/h12,17H,2-11,13-14H2,1H3,(H,22,23,28)/t21-/m0/s1. The van der Waals surface area contributed by atoms with Crippen LogP contribution in [0.5, 0.6) is 0 Å². The van der Waals surface area contributed by atoms with Gasteiger partial charge in [0.2, 0.25) is 11.8 Å². The van der Waals surface area contributed by atoms with E-state index in [2.05, 4.69) is 14.9 Å². The van der Waals surface area contributed by atoms with Gasteiger partial charge in [-0.15, -0.1) is 0 Å². The molecule has 1 aromatic heterocycles. The third-order valence-electron chi connectivity index (χ3n) is 6.82. The van der Waals surface area contributed by atoms with Crippen LogP contribution >= 0.6 is 0 Å². The Kier molecular flexibility index (Phi) is 5.25. The summed E-state index contributed by atoms with van der Waals surface area (Å²) in [6.45, 7) is 3.93. The number of likely N-dealkylation sites (tertiary alicyclic amines) is 2. The number of H-pyrrole nitrogens is 1. The summed E-state index contributed by atoms with van der Waals surface area (Å²) in [5, 5.41) is 0. The summed E-state index contributed by atoms with van der Waals surface area (Å²) >= 11 is 0. The number of aromatic nitrogens is 2. The molecule has 2 aliphatic heterocycles. The van der Waals surface area contributed by atoms with Gasteiger partial charge >= 0.3 is 0 Å². The number of hydrogen-bond donors (Lipinski definition) is 1. The molecular weight excluding hydrogens is 356 g/mol. The van der Waals surface area contributed by atoms with Crippen LogP contribution in [0.4, 0.5) is 0 Å². The maximum absolute atomic E-state index is 12.9. The van der Waals surface area contributed by atoms with Crippen LogP contribution in [0.2, 0.25) is 0 Å². The van der Waals surface area contributed by atoms with Crippen molar-refractivity contribution in [2.75, 3.05) is 19.6 Å². The fourth-order valence-electron chi connectivity index (χ4n) is 5.26. The minimum absolute atomic E-state index is 0.0143. The van der Waals surface area contributed by atoms with Gasteiger partial charge in [0, 0.05) is 49.3 Å². The Labute approximate surface area is 165 Å². The lowest BCUT2D eigenvalue weighted by Gasteiger charge is -2.49. The van der Waals surface area contributed by atoms with Gasteiger partial charge in [-0.05, 0) is 39.0 Å². The van der Waals surface area contributed by atoms with Crippen LogP contribution in [0, 0.1) is 12.3 Å². The van der Waals surface area contributed by atoms with Crippen molar-refractivity contribution < 1.29 is 9.59 Å². The van der Waals surface area contributed by atoms with E-state index in [9.17, 15) is 14.4 Å². The summed E-state index contributed by atoms with van der Waals surface area (Å²) in [7, 11) is 0. The number of nitrogens with one attached hydrogen (secondary N) is 1. The lowest BCUT2D eigenvalue weighted by atomic mass is 9.73. The Hall–Kier alpha value is -2.18. The number of nitrogens with zero attached hydrogens (tertiary/aromatic N) is 3. The second kappa shape index (κ2) is 7.68. The summed E-state index contributed by atoms with van der Waals surface area (Å²) in [5.74, 6) is 0.829. The molecule has 1 aromatic rings. The van der Waals surface area contributed by atoms with E-state index < -0.39 is 0 Å². The summed E-state index contributed by atoms with van der Waals surface area (Å²) in [5.41, 5.74) is 0.201. The van der Waals surface area contributed by atoms with Gasteiger partial charge in [-0.1, -0.05) is 12.8 Å². The summed E-state index contributed by atoms with van der Waals surface area (Å²) < 4.78 is 0. The molecule has 3 aliphatic rings. The summed E-state index contributed by atoms with van der Waals surface area (Å²) in [6, 6.07) is 0.396. The van der Waals surface area contributed by atoms with Crippen LogP contribution in [0.1, 0.15) is 62.8 Å². The molecule has 152 valence electrons. The number of rotatable bonds is 3. The van der Waals surface area contributed by atoms with E-state index >= 15 is 0 Å². The van der Waals surface area contributed by atoms with E-state index in [1.54, 1.807) is 6.92 Å². The van der Waals surface area contributed by atoms with Crippen LogP contribution in [0.3, 0.4) is 0 Å². The predicted octanol–water partition coefficient (Wildman–Crippen LogP) is 1.79. The van der Waals surface area contributed by atoms with Gasteiger partial charge in [0.1, 0.15) is 5.82 Å². The maximum atomic E-state index is 12.9. The Morgan fingerprint density at radius 1 is 1.21 bits per heavy atom. The highest BCUT2D eigenvalue weighted by Gasteiger charge is 2.44. The van der Waals surface area contributed by atoms with E-state index in [-0.39, 0.29) is 23.3 Å². The lowest BCUT2D eigenvalue weighted by Crippen LogP contribution is -2.57. The first kappa shape index (κ1) is 19.2. The fraction of sp³-hybridized carbons (Fsp3) is 0.714. The maximum Gasteiger partial charge on any atom is 0.254 e. The third kappa shape index (κ3) is 3.84. The van der Waals surface area contributed by atoms with Crippen molar-refractivity contribution in [1.29, 1.82) is 0 Å². The van der Waals surface area contributed by atoms with Crippen molar-refractivity contribution in [1.82, 2.24) is 19.8 Å². The molecule has 0 radical (unpaired) electrons. The van der Waals surface area contributed by atoms with Gasteiger partial charge in [-0.3, -0.25) is 14.4 Å².